The minimum Gasteiger partial charge on any atom is -0.368 e. The molecule has 1 aliphatic rings. The number of hydrogen-bond donors (Lipinski definition) is 1. The third-order valence-corrected chi connectivity index (χ3v) is 3.23. The Hall–Kier alpha value is -0.465. The minimum atomic E-state index is 0.217. The molecule has 0 aromatic rings. The topological polar surface area (TPSA) is 29.1 Å². The van der Waals surface area contributed by atoms with Crippen LogP contribution in [0.3, 0.4) is 0 Å². The molecule has 1 amide bonds. The van der Waals surface area contributed by atoms with Crippen molar-refractivity contribution in [1.29, 1.82) is 0 Å². The van der Waals surface area contributed by atoms with E-state index in [1.165, 1.54) is 51.4 Å². The first-order valence-electron chi connectivity index (χ1n) is 6.03. The molecule has 0 aromatic heterocycles. The van der Waals surface area contributed by atoms with Gasteiger partial charge in [0.05, 0.1) is 0 Å². The molecule has 0 bridgehead atoms. The first-order valence-corrected chi connectivity index (χ1v) is 6.03. The fourth-order valence-electron chi connectivity index (χ4n) is 2.29. The molecule has 0 atom stereocenters. The molecular weight excluding hydrogens is 173 g/mol. The normalized spacial score (nSPS) is 20.4. The van der Waals surface area contributed by atoms with Crippen molar-refractivity contribution in [2.45, 2.75) is 57.2 Å². The molecule has 0 radical (unpaired) electrons. The van der Waals surface area contributed by atoms with Gasteiger partial charge in [0.1, 0.15) is 0 Å². The van der Waals surface area contributed by atoms with Crippen molar-refractivity contribution in [2.75, 3.05) is 7.05 Å². The Kier molecular flexibility index (Phi) is 5.73. The monoisotopic (exact) mass is 195 g/mol. The Morgan fingerprint density at radius 3 is 2.07 bits per heavy atom. The smallest absolute Gasteiger partial charge is 0.236 e. The Labute approximate surface area is 88.1 Å². The molecule has 0 saturated heterocycles. The van der Waals surface area contributed by atoms with Gasteiger partial charge in [-0.05, 0) is 0 Å². The summed E-state index contributed by atoms with van der Waals surface area (Å²) >= 11 is 0. The van der Waals surface area contributed by atoms with E-state index in [0.29, 0.717) is 5.82 Å². The lowest BCUT2D eigenvalue weighted by molar-refractivity contribution is 0.260. The molecule has 1 saturated carbocycles. The molecule has 1 N–H and O–H groups in total. The van der Waals surface area contributed by atoms with Crippen LogP contribution in [0.25, 0.3) is 0 Å². The summed E-state index contributed by atoms with van der Waals surface area (Å²) in [5.41, 5.74) is 0. The quantitative estimate of drug-likeness (QED) is 0.674. The van der Waals surface area contributed by atoms with Gasteiger partial charge in [-0.3, -0.25) is 4.79 Å². The van der Waals surface area contributed by atoms with E-state index >= 15 is 0 Å². The zero-order valence-corrected chi connectivity index (χ0v) is 9.35. The highest BCUT2D eigenvalue weighted by atomic mass is 16.1. The predicted octanol–water partition coefficient (Wildman–Crippen LogP) is 2.69. The lowest BCUT2D eigenvalue weighted by atomic mass is 9.60. The van der Waals surface area contributed by atoms with Crippen LogP contribution in [-0.2, 0) is 0 Å². The van der Waals surface area contributed by atoms with Crippen molar-refractivity contribution in [3.05, 3.63) is 0 Å². The van der Waals surface area contributed by atoms with Crippen LogP contribution >= 0.6 is 0 Å². The lowest BCUT2D eigenvalue weighted by Gasteiger charge is -2.12. The van der Waals surface area contributed by atoms with E-state index in [9.17, 15) is 4.79 Å². The van der Waals surface area contributed by atoms with E-state index in [1.54, 1.807) is 7.05 Å². The highest BCUT2D eigenvalue weighted by Gasteiger charge is 2.15. The van der Waals surface area contributed by atoms with Crippen LogP contribution in [0.15, 0.2) is 0 Å². The SMILES string of the molecule is CNC(=O)BC1CCCCCCCC1. The number of amides is 1. The van der Waals surface area contributed by atoms with Crippen LogP contribution in [0.2, 0.25) is 5.82 Å². The maximum Gasteiger partial charge on any atom is 0.236 e. The molecular formula is C11H22BNO. The summed E-state index contributed by atoms with van der Waals surface area (Å²) in [6, 6.07) is 0. The predicted molar refractivity (Wildman–Crippen MR) is 62.3 cm³/mol. The number of hydrogen-bond acceptors (Lipinski definition) is 1. The van der Waals surface area contributed by atoms with Gasteiger partial charge in [0.15, 0.2) is 5.81 Å². The van der Waals surface area contributed by atoms with E-state index in [0.717, 1.165) is 7.28 Å². The molecule has 0 heterocycles. The Morgan fingerprint density at radius 1 is 1.07 bits per heavy atom. The van der Waals surface area contributed by atoms with Gasteiger partial charge in [-0.25, -0.2) is 0 Å². The Balaban J connectivity index is 2.28. The van der Waals surface area contributed by atoms with Crippen molar-refractivity contribution < 1.29 is 4.79 Å². The third-order valence-electron chi connectivity index (χ3n) is 3.23. The van der Waals surface area contributed by atoms with Crippen LogP contribution < -0.4 is 5.32 Å². The van der Waals surface area contributed by atoms with Crippen molar-refractivity contribution in [3.63, 3.8) is 0 Å². The molecule has 2 nitrogen and oxygen atoms in total. The van der Waals surface area contributed by atoms with E-state index in [4.69, 9.17) is 0 Å². The zero-order chi connectivity index (χ0) is 10.2. The van der Waals surface area contributed by atoms with Crippen LogP contribution in [0.4, 0.5) is 4.79 Å². The second-order valence-corrected chi connectivity index (χ2v) is 4.44. The highest BCUT2D eigenvalue weighted by Crippen LogP contribution is 2.25. The van der Waals surface area contributed by atoms with Crippen molar-refractivity contribution in [1.82, 2.24) is 5.32 Å². The van der Waals surface area contributed by atoms with Crippen molar-refractivity contribution in [2.24, 2.45) is 0 Å². The molecule has 1 aliphatic carbocycles. The minimum absolute atomic E-state index is 0.217. The largest absolute Gasteiger partial charge is 0.368 e. The van der Waals surface area contributed by atoms with Crippen LogP contribution in [-0.4, -0.2) is 20.1 Å². The van der Waals surface area contributed by atoms with Gasteiger partial charge in [0, 0.05) is 7.05 Å². The standard InChI is InChI=1S/C11H22BNO/c1-13-11(14)12-10-8-6-4-2-3-5-7-9-10/h10,12H,2-9H2,1H3,(H,13,14). The number of carbonyl (C=O) groups is 1. The molecule has 3 heteroatoms. The summed E-state index contributed by atoms with van der Waals surface area (Å²) in [6.07, 6.45) is 10.7. The molecule has 0 spiro atoms. The second kappa shape index (κ2) is 6.91. The first kappa shape index (κ1) is 11.6. The van der Waals surface area contributed by atoms with Gasteiger partial charge in [-0.2, -0.15) is 0 Å². The Morgan fingerprint density at radius 2 is 1.57 bits per heavy atom. The summed E-state index contributed by atoms with van der Waals surface area (Å²) in [5, 5.41) is 2.72. The average molecular weight is 195 g/mol. The van der Waals surface area contributed by atoms with Gasteiger partial charge in [0.2, 0.25) is 7.28 Å². The lowest BCUT2D eigenvalue weighted by Crippen LogP contribution is -2.26. The van der Waals surface area contributed by atoms with E-state index < -0.39 is 0 Å². The molecule has 14 heavy (non-hydrogen) atoms. The van der Waals surface area contributed by atoms with Gasteiger partial charge >= 0.3 is 0 Å². The van der Waals surface area contributed by atoms with E-state index in [-0.39, 0.29) is 5.81 Å². The summed E-state index contributed by atoms with van der Waals surface area (Å²) in [5.74, 6) is 0.863. The molecule has 1 fully saturated rings. The van der Waals surface area contributed by atoms with Gasteiger partial charge < -0.3 is 5.32 Å². The second-order valence-electron chi connectivity index (χ2n) is 4.44. The van der Waals surface area contributed by atoms with Gasteiger partial charge in [-0.1, -0.05) is 57.2 Å². The maximum atomic E-state index is 11.3. The summed E-state index contributed by atoms with van der Waals surface area (Å²) < 4.78 is 0. The Bertz CT molecular complexity index is 163. The molecule has 0 unspecified atom stereocenters. The van der Waals surface area contributed by atoms with Crippen molar-refractivity contribution >= 4 is 13.1 Å². The summed E-state index contributed by atoms with van der Waals surface area (Å²) in [4.78, 5) is 11.3. The fourth-order valence-corrected chi connectivity index (χ4v) is 2.29. The van der Waals surface area contributed by atoms with Crippen LogP contribution in [0, 0.1) is 0 Å². The average Bonchev–Trinajstić information content (AvgIpc) is 2.31. The molecule has 1 rings (SSSR count). The highest BCUT2D eigenvalue weighted by molar-refractivity contribution is 6.74. The molecule has 0 aromatic carbocycles. The third kappa shape index (κ3) is 4.68. The van der Waals surface area contributed by atoms with Gasteiger partial charge in [0.25, 0.3) is 0 Å². The van der Waals surface area contributed by atoms with Crippen molar-refractivity contribution in [3.8, 4) is 0 Å². The number of rotatable bonds is 2. The van der Waals surface area contributed by atoms with E-state index in [2.05, 4.69) is 5.32 Å². The zero-order valence-electron chi connectivity index (χ0n) is 9.35. The number of carbonyl (C=O) groups excluding carboxylic acids is 1. The molecule has 0 aliphatic heterocycles. The van der Waals surface area contributed by atoms with E-state index in [1.807, 2.05) is 0 Å². The van der Waals surface area contributed by atoms with Gasteiger partial charge in [-0.15, -0.1) is 0 Å². The number of nitrogens with one attached hydrogen (secondary N) is 1. The summed E-state index contributed by atoms with van der Waals surface area (Å²) in [7, 11) is 2.48. The first-order chi connectivity index (χ1) is 6.83. The fraction of sp³-hybridized carbons (Fsp3) is 0.909. The van der Waals surface area contributed by atoms with Crippen LogP contribution in [0.5, 0.6) is 0 Å². The molecule has 80 valence electrons. The van der Waals surface area contributed by atoms with Crippen LogP contribution in [0.1, 0.15) is 51.4 Å². The maximum absolute atomic E-state index is 11.3. The summed E-state index contributed by atoms with van der Waals surface area (Å²) in [6.45, 7) is 0.